The highest BCUT2D eigenvalue weighted by molar-refractivity contribution is 7.92. The van der Waals surface area contributed by atoms with E-state index >= 15 is 0 Å². The monoisotopic (exact) mass is 369 g/mol. The van der Waals surface area contributed by atoms with Crippen molar-refractivity contribution in [2.45, 2.75) is 30.6 Å². The standard InChI is InChI=1S/C20H23N3O2S/c1-2-12-23-13-11-18(15-23)17-5-7-19(8-6-17)22-26(24,25)20-9-3-16(14-21)4-10-20/h3-10,18,22H,2,11-13,15H2,1H3/t18-/m1/s1. The Balaban J connectivity index is 1.68. The molecule has 1 atom stereocenters. The summed E-state index contributed by atoms with van der Waals surface area (Å²) >= 11 is 0. The first-order valence-corrected chi connectivity index (χ1v) is 10.4. The van der Waals surface area contributed by atoms with E-state index in [2.05, 4.69) is 16.5 Å². The Bertz CT molecular complexity index is 884. The summed E-state index contributed by atoms with van der Waals surface area (Å²) in [5.74, 6) is 0.519. The minimum Gasteiger partial charge on any atom is -0.303 e. The molecule has 1 aliphatic rings. The summed E-state index contributed by atoms with van der Waals surface area (Å²) in [5, 5.41) is 8.81. The van der Waals surface area contributed by atoms with Crippen LogP contribution in [0.5, 0.6) is 0 Å². The molecule has 3 rings (SSSR count). The molecule has 0 spiro atoms. The molecule has 5 nitrogen and oxygen atoms in total. The molecule has 0 bridgehead atoms. The van der Waals surface area contributed by atoms with Gasteiger partial charge >= 0.3 is 0 Å². The van der Waals surface area contributed by atoms with Crippen molar-refractivity contribution in [2.75, 3.05) is 24.4 Å². The zero-order valence-electron chi connectivity index (χ0n) is 14.9. The molecule has 0 amide bonds. The van der Waals surface area contributed by atoms with E-state index in [0.717, 1.165) is 26.1 Å². The van der Waals surface area contributed by atoms with Crippen LogP contribution in [-0.4, -0.2) is 33.0 Å². The van der Waals surface area contributed by atoms with Crippen LogP contribution in [0.25, 0.3) is 0 Å². The molecular weight excluding hydrogens is 346 g/mol. The molecular formula is C20H23N3O2S. The minimum absolute atomic E-state index is 0.145. The van der Waals surface area contributed by atoms with Crippen molar-refractivity contribution < 1.29 is 8.42 Å². The van der Waals surface area contributed by atoms with E-state index in [4.69, 9.17) is 5.26 Å². The molecule has 136 valence electrons. The van der Waals surface area contributed by atoms with Gasteiger partial charge in [0.25, 0.3) is 10.0 Å². The molecule has 2 aromatic rings. The first-order valence-electron chi connectivity index (χ1n) is 8.87. The number of anilines is 1. The van der Waals surface area contributed by atoms with E-state index < -0.39 is 10.0 Å². The summed E-state index contributed by atoms with van der Waals surface area (Å²) in [5.41, 5.74) is 2.23. The third-order valence-corrected chi connectivity index (χ3v) is 6.14. The summed E-state index contributed by atoms with van der Waals surface area (Å²) in [7, 11) is -3.65. The van der Waals surface area contributed by atoms with Gasteiger partial charge in [0.05, 0.1) is 16.5 Å². The number of nitrogens with one attached hydrogen (secondary N) is 1. The van der Waals surface area contributed by atoms with Crippen LogP contribution >= 0.6 is 0 Å². The average Bonchev–Trinajstić information content (AvgIpc) is 3.11. The average molecular weight is 369 g/mol. The van der Waals surface area contributed by atoms with E-state index in [9.17, 15) is 8.42 Å². The Morgan fingerprint density at radius 3 is 2.46 bits per heavy atom. The predicted molar refractivity (Wildman–Crippen MR) is 102 cm³/mol. The van der Waals surface area contributed by atoms with Gasteiger partial charge < -0.3 is 4.90 Å². The van der Waals surface area contributed by atoms with Crippen LogP contribution in [0.4, 0.5) is 5.69 Å². The highest BCUT2D eigenvalue weighted by Gasteiger charge is 2.23. The van der Waals surface area contributed by atoms with Crippen LogP contribution in [0, 0.1) is 11.3 Å². The van der Waals surface area contributed by atoms with Crippen LogP contribution in [0.2, 0.25) is 0 Å². The molecule has 0 aromatic heterocycles. The summed E-state index contributed by atoms with van der Waals surface area (Å²) in [6, 6.07) is 15.5. The Hall–Kier alpha value is -2.36. The lowest BCUT2D eigenvalue weighted by Crippen LogP contribution is -2.20. The second-order valence-corrected chi connectivity index (χ2v) is 8.33. The third-order valence-electron chi connectivity index (χ3n) is 4.74. The van der Waals surface area contributed by atoms with Crippen LogP contribution < -0.4 is 4.72 Å². The number of hydrogen-bond donors (Lipinski definition) is 1. The molecule has 0 saturated carbocycles. The Kier molecular flexibility index (Phi) is 5.60. The first-order chi connectivity index (χ1) is 12.5. The van der Waals surface area contributed by atoms with E-state index in [1.54, 1.807) is 0 Å². The maximum absolute atomic E-state index is 12.5. The highest BCUT2D eigenvalue weighted by Crippen LogP contribution is 2.28. The number of hydrogen-bond acceptors (Lipinski definition) is 4. The van der Waals surface area contributed by atoms with Gasteiger partial charge in [-0.05, 0) is 73.8 Å². The predicted octanol–water partition coefficient (Wildman–Crippen LogP) is 3.56. The zero-order chi connectivity index (χ0) is 18.6. The summed E-state index contributed by atoms with van der Waals surface area (Å²) < 4.78 is 27.5. The van der Waals surface area contributed by atoms with Crippen LogP contribution in [-0.2, 0) is 10.0 Å². The molecule has 0 radical (unpaired) electrons. The summed E-state index contributed by atoms with van der Waals surface area (Å²) in [6.07, 6.45) is 2.32. The second-order valence-electron chi connectivity index (χ2n) is 6.65. The van der Waals surface area contributed by atoms with Gasteiger partial charge in [-0.2, -0.15) is 5.26 Å². The minimum atomic E-state index is -3.65. The molecule has 0 aliphatic carbocycles. The Labute approximate surface area is 155 Å². The molecule has 6 heteroatoms. The van der Waals surface area contributed by atoms with Crippen molar-refractivity contribution in [2.24, 2.45) is 0 Å². The fourth-order valence-electron chi connectivity index (χ4n) is 3.37. The third kappa shape index (κ3) is 4.24. The van der Waals surface area contributed by atoms with Gasteiger partial charge in [-0.3, -0.25) is 4.72 Å². The van der Waals surface area contributed by atoms with Crippen molar-refractivity contribution in [3.8, 4) is 6.07 Å². The fraction of sp³-hybridized carbons (Fsp3) is 0.350. The topological polar surface area (TPSA) is 73.2 Å². The largest absolute Gasteiger partial charge is 0.303 e. The number of likely N-dealkylation sites (tertiary alicyclic amines) is 1. The molecule has 1 saturated heterocycles. The second kappa shape index (κ2) is 7.90. The van der Waals surface area contributed by atoms with Crippen molar-refractivity contribution in [1.29, 1.82) is 5.26 Å². The number of benzene rings is 2. The number of sulfonamides is 1. The molecule has 26 heavy (non-hydrogen) atoms. The van der Waals surface area contributed by atoms with E-state index in [-0.39, 0.29) is 4.90 Å². The van der Waals surface area contributed by atoms with Gasteiger partial charge in [-0.25, -0.2) is 8.42 Å². The van der Waals surface area contributed by atoms with Crippen molar-refractivity contribution >= 4 is 15.7 Å². The van der Waals surface area contributed by atoms with E-state index in [1.165, 1.54) is 36.2 Å². The summed E-state index contributed by atoms with van der Waals surface area (Å²) in [4.78, 5) is 2.62. The van der Waals surface area contributed by atoms with Gasteiger partial charge in [0.1, 0.15) is 0 Å². The number of nitrogens with zero attached hydrogens (tertiary/aromatic N) is 2. The van der Waals surface area contributed by atoms with Crippen LogP contribution in [0.15, 0.2) is 53.4 Å². The van der Waals surface area contributed by atoms with Gasteiger partial charge in [0.2, 0.25) is 0 Å². The van der Waals surface area contributed by atoms with Gasteiger partial charge in [-0.15, -0.1) is 0 Å². The van der Waals surface area contributed by atoms with E-state index in [1.807, 2.05) is 30.3 Å². The van der Waals surface area contributed by atoms with Crippen LogP contribution in [0.1, 0.15) is 36.8 Å². The van der Waals surface area contributed by atoms with Crippen molar-refractivity contribution in [3.63, 3.8) is 0 Å². The summed E-state index contributed by atoms with van der Waals surface area (Å²) in [6.45, 7) is 5.54. The smallest absolute Gasteiger partial charge is 0.261 e. The fourth-order valence-corrected chi connectivity index (χ4v) is 4.43. The number of rotatable bonds is 6. The Morgan fingerprint density at radius 2 is 1.85 bits per heavy atom. The molecule has 0 unspecified atom stereocenters. The maximum Gasteiger partial charge on any atom is 0.261 e. The SMILES string of the molecule is CCCN1CC[C@@H](c2ccc(NS(=O)(=O)c3ccc(C#N)cc3)cc2)C1. The molecule has 1 fully saturated rings. The Morgan fingerprint density at radius 1 is 1.15 bits per heavy atom. The molecule has 2 aromatic carbocycles. The maximum atomic E-state index is 12.5. The quantitative estimate of drug-likeness (QED) is 0.845. The van der Waals surface area contributed by atoms with Crippen molar-refractivity contribution in [3.05, 3.63) is 59.7 Å². The molecule has 1 heterocycles. The normalized spacial score (nSPS) is 17.8. The lowest BCUT2D eigenvalue weighted by molar-refractivity contribution is 0.335. The van der Waals surface area contributed by atoms with E-state index in [0.29, 0.717) is 17.2 Å². The number of nitriles is 1. The van der Waals surface area contributed by atoms with Gasteiger partial charge in [-0.1, -0.05) is 19.1 Å². The van der Waals surface area contributed by atoms with Gasteiger partial charge in [0.15, 0.2) is 0 Å². The zero-order valence-corrected chi connectivity index (χ0v) is 15.7. The highest BCUT2D eigenvalue weighted by atomic mass is 32.2. The lowest BCUT2D eigenvalue weighted by Gasteiger charge is -2.15. The first kappa shape index (κ1) is 18.4. The van der Waals surface area contributed by atoms with Gasteiger partial charge in [0, 0.05) is 12.2 Å². The molecule has 1 N–H and O–H groups in total. The van der Waals surface area contributed by atoms with Crippen LogP contribution in [0.3, 0.4) is 0 Å². The van der Waals surface area contributed by atoms with Crippen molar-refractivity contribution in [1.82, 2.24) is 4.90 Å². The molecule has 1 aliphatic heterocycles. The lowest BCUT2D eigenvalue weighted by atomic mass is 9.98.